The van der Waals surface area contributed by atoms with Crippen molar-refractivity contribution < 1.29 is 18.8 Å². The van der Waals surface area contributed by atoms with Gasteiger partial charge in [-0.3, -0.25) is 4.79 Å². The Balaban J connectivity index is 3.05. The summed E-state index contributed by atoms with van der Waals surface area (Å²) in [6.07, 6.45) is 1.48. The van der Waals surface area contributed by atoms with Crippen LogP contribution in [0.25, 0.3) is 0 Å². The van der Waals surface area contributed by atoms with Gasteiger partial charge in [-0.05, 0) is 30.2 Å². The van der Waals surface area contributed by atoms with Crippen LogP contribution in [0.3, 0.4) is 0 Å². The van der Waals surface area contributed by atoms with Crippen molar-refractivity contribution in [1.29, 1.82) is 0 Å². The maximum atomic E-state index is 13.6. The molecule has 0 N–H and O–H groups in total. The standard InChI is InChI=1S/C25H34O4Si/c1-8-12-18-20(22(26)17-13-10-9-11-14-17)19(24(27)28-7)16(4)21(23(18)29-30)25(5,6)15(2)3/h9-11,13-15H,8,12H2,1-7,30H3. The third-order valence-corrected chi connectivity index (χ3v) is 6.66. The fourth-order valence-electron chi connectivity index (χ4n) is 4.02. The maximum Gasteiger partial charge on any atom is 0.338 e. The van der Waals surface area contributed by atoms with Crippen molar-refractivity contribution in [3.8, 4) is 5.75 Å². The van der Waals surface area contributed by atoms with Gasteiger partial charge in [-0.1, -0.05) is 71.4 Å². The summed E-state index contributed by atoms with van der Waals surface area (Å²) in [5.74, 6) is 0.426. The Morgan fingerprint density at radius 1 is 1.10 bits per heavy atom. The van der Waals surface area contributed by atoms with Gasteiger partial charge in [0, 0.05) is 22.3 Å². The molecular weight excluding hydrogens is 392 g/mol. The van der Waals surface area contributed by atoms with E-state index >= 15 is 0 Å². The molecule has 0 bridgehead atoms. The van der Waals surface area contributed by atoms with E-state index in [1.54, 1.807) is 12.1 Å². The lowest BCUT2D eigenvalue weighted by Gasteiger charge is -2.35. The lowest BCUT2D eigenvalue weighted by Crippen LogP contribution is -2.29. The minimum absolute atomic E-state index is 0.170. The third kappa shape index (κ3) is 4.22. The molecule has 2 aromatic carbocycles. The van der Waals surface area contributed by atoms with Gasteiger partial charge in [-0.15, -0.1) is 0 Å². The zero-order valence-electron chi connectivity index (χ0n) is 19.5. The molecule has 0 fully saturated rings. The normalized spacial score (nSPS) is 11.6. The molecule has 0 aliphatic carbocycles. The highest BCUT2D eigenvalue weighted by atomic mass is 28.2. The van der Waals surface area contributed by atoms with Gasteiger partial charge >= 0.3 is 5.97 Å². The number of carbonyl (C=O) groups excluding carboxylic acids is 2. The van der Waals surface area contributed by atoms with E-state index in [-0.39, 0.29) is 11.2 Å². The summed E-state index contributed by atoms with van der Waals surface area (Å²) in [7, 11) is 1.85. The summed E-state index contributed by atoms with van der Waals surface area (Å²) >= 11 is 0. The van der Waals surface area contributed by atoms with Gasteiger partial charge in [0.15, 0.2) is 5.78 Å². The molecule has 0 aliphatic rings. The van der Waals surface area contributed by atoms with Crippen LogP contribution in [0.1, 0.15) is 84.0 Å². The number of ketones is 1. The molecule has 5 heteroatoms. The van der Waals surface area contributed by atoms with Gasteiger partial charge in [0.2, 0.25) is 10.5 Å². The van der Waals surface area contributed by atoms with Gasteiger partial charge in [0.05, 0.1) is 12.7 Å². The SMILES string of the molecule is CCCc1c(O[SiH3])c(C(C)(C)C(C)C)c(C)c(C(=O)OC)c1C(=O)c1ccccc1. The van der Waals surface area contributed by atoms with E-state index in [9.17, 15) is 9.59 Å². The lowest BCUT2D eigenvalue weighted by atomic mass is 9.70. The Bertz CT molecular complexity index is 930. The van der Waals surface area contributed by atoms with Crippen LogP contribution in [0.5, 0.6) is 5.75 Å². The number of hydrogen-bond donors (Lipinski definition) is 0. The molecule has 4 nitrogen and oxygen atoms in total. The maximum absolute atomic E-state index is 13.6. The van der Waals surface area contributed by atoms with Crippen LogP contribution in [0.4, 0.5) is 0 Å². The van der Waals surface area contributed by atoms with Gasteiger partial charge < -0.3 is 9.16 Å². The van der Waals surface area contributed by atoms with E-state index in [0.717, 1.165) is 28.9 Å². The molecular formula is C25H34O4Si. The average Bonchev–Trinajstić information content (AvgIpc) is 2.73. The zero-order valence-corrected chi connectivity index (χ0v) is 21.5. The Labute approximate surface area is 183 Å². The highest BCUT2D eigenvalue weighted by molar-refractivity contribution is 6.16. The van der Waals surface area contributed by atoms with Gasteiger partial charge in [-0.2, -0.15) is 0 Å². The first-order valence-corrected chi connectivity index (χ1v) is 11.4. The smallest absolute Gasteiger partial charge is 0.338 e. The topological polar surface area (TPSA) is 52.6 Å². The summed E-state index contributed by atoms with van der Waals surface area (Å²) in [5, 5.41) is 0. The molecule has 0 atom stereocenters. The monoisotopic (exact) mass is 426 g/mol. The second-order valence-corrected chi connectivity index (χ2v) is 8.98. The second-order valence-electron chi connectivity index (χ2n) is 8.57. The molecule has 0 saturated heterocycles. The van der Waals surface area contributed by atoms with Crippen molar-refractivity contribution in [2.75, 3.05) is 7.11 Å². The Kier molecular flexibility index (Phi) is 7.64. The van der Waals surface area contributed by atoms with Crippen molar-refractivity contribution in [3.05, 3.63) is 63.7 Å². The Morgan fingerprint density at radius 2 is 1.70 bits per heavy atom. The number of benzene rings is 2. The summed E-state index contributed by atoms with van der Waals surface area (Å²) in [5.41, 5.74) is 3.67. The molecule has 2 aromatic rings. The van der Waals surface area contributed by atoms with Crippen molar-refractivity contribution in [2.45, 2.75) is 59.8 Å². The van der Waals surface area contributed by atoms with Gasteiger partial charge in [-0.25, -0.2) is 4.79 Å². The number of ether oxygens (including phenoxy) is 1. The second kappa shape index (κ2) is 9.60. The van der Waals surface area contributed by atoms with Crippen LogP contribution in [0, 0.1) is 12.8 Å². The number of rotatable bonds is 8. The van der Waals surface area contributed by atoms with Crippen molar-refractivity contribution in [3.63, 3.8) is 0 Å². The lowest BCUT2D eigenvalue weighted by molar-refractivity contribution is 0.0596. The van der Waals surface area contributed by atoms with Gasteiger partial charge in [0.25, 0.3) is 0 Å². The number of esters is 1. The third-order valence-electron chi connectivity index (χ3n) is 6.25. The van der Waals surface area contributed by atoms with Crippen LogP contribution in [0.2, 0.25) is 0 Å². The quantitative estimate of drug-likeness (QED) is 0.353. The van der Waals surface area contributed by atoms with Crippen LogP contribution in [-0.4, -0.2) is 29.3 Å². The highest BCUT2D eigenvalue weighted by Crippen LogP contribution is 2.45. The van der Waals surface area contributed by atoms with Crippen molar-refractivity contribution in [1.82, 2.24) is 0 Å². The summed E-state index contributed by atoms with van der Waals surface area (Å²) in [6, 6.07) is 9.09. The minimum Gasteiger partial charge on any atom is -0.553 e. The number of hydrogen-bond acceptors (Lipinski definition) is 4. The van der Waals surface area contributed by atoms with Gasteiger partial charge in [0.1, 0.15) is 5.75 Å². The summed E-state index contributed by atoms with van der Waals surface area (Å²) in [4.78, 5) is 26.6. The fourth-order valence-corrected chi connectivity index (χ4v) is 4.47. The van der Waals surface area contributed by atoms with E-state index < -0.39 is 5.97 Å². The van der Waals surface area contributed by atoms with Crippen molar-refractivity contribution >= 4 is 22.2 Å². The highest BCUT2D eigenvalue weighted by Gasteiger charge is 2.37. The first-order chi connectivity index (χ1) is 14.1. The van der Waals surface area contributed by atoms with E-state index in [1.807, 2.05) is 25.1 Å². The van der Waals surface area contributed by atoms with Crippen LogP contribution < -0.4 is 4.43 Å². The first-order valence-electron chi connectivity index (χ1n) is 10.5. The fraction of sp³-hybridized carbons (Fsp3) is 0.440. The van der Waals surface area contributed by atoms with Crippen LogP contribution in [-0.2, 0) is 16.6 Å². The molecule has 0 unspecified atom stereocenters. The summed E-state index contributed by atoms with van der Waals surface area (Å²) in [6.45, 7) is 12.6. The number of methoxy groups -OCH3 is 1. The molecule has 0 spiro atoms. The molecule has 0 saturated carbocycles. The van der Waals surface area contributed by atoms with E-state index in [2.05, 4.69) is 34.6 Å². The molecule has 0 heterocycles. The van der Waals surface area contributed by atoms with Crippen LogP contribution >= 0.6 is 0 Å². The predicted molar refractivity (Wildman–Crippen MR) is 125 cm³/mol. The van der Waals surface area contributed by atoms with Crippen LogP contribution in [0.15, 0.2) is 30.3 Å². The Morgan fingerprint density at radius 3 is 2.17 bits per heavy atom. The average molecular weight is 427 g/mol. The largest absolute Gasteiger partial charge is 0.553 e. The molecule has 2 rings (SSSR count). The molecule has 162 valence electrons. The Hall–Kier alpha value is -2.40. The zero-order chi connectivity index (χ0) is 22.6. The summed E-state index contributed by atoms with van der Waals surface area (Å²) < 4.78 is 11.2. The predicted octanol–water partition coefficient (Wildman–Crippen LogP) is 4.56. The minimum atomic E-state index is -0.482. The van der Waals surface area contributed by atoms with Crippen molar-refractivity contribution in [2.24, 2.45) is 5.92 Å². The van der Waals surface area contributed by atoms with E-state index in [4.69, 9.17) is 9.16 Å². The first kappa shape index (κ1) is 23.9. The van der Waals surface area contributed by atoms with E-state index in [1.165, 1.54) is 7.11 Å². The van der Waals surface area contributed by atoms with E-state index in [0.29, 0.717) is 39.5 Å². The molecule has 0 amide bonds. The molecule has 0 radical (unpaired) electrons. The molecule has 0 aliphatic heterocycles. The number of carbonyl (C=O) groups is 2. The molecule has 30 heavy (non-hydrogen) atoms. The molecule has 0 aromatic heterocycles.